The maximum atomic E-state index is 10.2. The molecular formula is C16H23N3O. The molecule has 0 spiro atoms. The van der Waals surface area contributed by atoms with Gasteiger partial charge in [0.1, 0.15) is 0 Å². The third-order valence-electron chi connectivity index (χ3n) is 3.84. The topological polar surface area (TPSA) is 50.1 Å². The molecule has 0 amide bonds. The molecule has 0 radical (unpaired) electrons. The molecule has 0 atom stereocenters. The molecule has 4 nitrogen and oxygen atoms in total. The second-order valence-corrected chi connectivity index (χ2v) is 5.17. The number of aliphatic hydroxyl groups is 1. The van der Waals surface area contributed by atoms with Crippen molar-refractivity contribution in [1.82, 2.24) is 14.9 Å². The van der Waals surface area contributed by atoms with Crippen LogP contribution in [0.3, 0.4) is 0 Å². The summed E-state index contributed by atoms with van der Waals surface area (Å²) in [5.41, 5.74) is 1.73. The molecule has 2 rings (SSSR count). The van der Waals surface area contributed by atoms with E-state index in [9.17, 15) is 5.11 Å². The molecule has 4 heteroatoms. The summed E-state index contributed by atoms with van der Waals surface area (Å²) in [5, 5.41) is 13.5. The van der Waals surface area contributed by atoms with Gasteiger partial charge in [0.05, 0.1) is 11.9 Å². The van der Waals surface area contributed by atoms with Crippen molar-refractivity contribution in [2.75, 3.05) is 6.54 Å². The SMILES string of the molecule is CCC(O)(CC)CNCc1ccc(-n2ccnc2)cc1. The van der Waals surface area contributed by atoms with Gasteiger partial charge in [-0.15, -0.1) is 0 Å². The standard InChI is InChI=1S/C16H23N3O/c1-3-16(20,4-2)12-18-11-14-5-7-15(8-6-14)19-10-9-17-13-19/h5-10,13,18,20H,3-4,11-12H2,1-2H3. The molecule has 0 aliphatic heterocycles. The highest BCUT2D eigenvalue weighted by atomic mass is 16.3. The number of benzene rings is 1. The molecule has 0 aliphatic carbocycles. The summed E-state index contributed by atoms with van der Waals surface area (Å²) in [5.74, 6) is 0. The Balaban J connectivity index is 1.88. The van der Waals surface area contributed by atoms with Crippen molar-refractivity contribution in [3.63, 3.8) is 0 Å². The Morgan fingerprint density at radius 2 is 1.90 bits per heavy atom. The molecule has 20 heavy (non-hydrogen) atoms. The van der Waals surface area contributed by atoms with Gasteiger partial charge in [-0.25, -0.2) is 4.98 Å². The van der Waals surface area contributed by atoms with Crippen molar-refractivity contribution in [1.29, 1.82) is 0 Å². The van der Waals surface area contributed by atoms with Crippen LogP contribution in [0.2, 0.25) is 0 Å². The Kier molecular flexibility index (Phi) is 4.93. The number of aromatic nitrogens is 2. The van der Waals surface area contributed by atoms with E-state index in [1.807, 2.05) is 24.6 Å². The number of hydrogen-bond donors (Lipinski definition) is 2. The van der Waals surface area contributed by atoms with Crippen LogP contribution in [0.4, 0.5) is 0 Å². The Morgan fingerprint density at radius 3 is 2.45 bits per heavy atom. The lowest BCUT2D eigenvalue weighted by Crippen LogP contribution is -2.39. The van der Waals surface area contributed by atoms with E-state index in [2.05, 4.69) is 34.6 Å². The van der Waals surface area contributed by atoms with E-state index >= 15 is 0 Å². The lowest BCUT2D eigenvalue weighted by Gasteiger charge is -2.25. The van der Waals surface area contributed by atoms with Crippen LogP contribution in [0.1, 0.15) is 32.3 Å². The van der Waals surface area contributed by atoms with Gasteiger partial charge in [0.2, 0.25) is 0 Å². The lowest BCUT2D eigenvalue weighted by molar-refractivity contribution is 0.0323. The highest BCUT2D eigenvalue weighted by Crippen LogP contribution is 2.14. The van der Waals surface area contributed by atoms with Crippen molar-refractivity contribution in [3.8, 4) is 5.69 Å². The Labute approximate surface area is 120 Å². The maximum absolute atomic E-state index is 10.2. The molecule has 0 saturated carbocycles. The van der Waals surface area contributed by atoms with Crippen LogP contribution < -0.4 is 5.32 Å². The second-order valence-electron chi connectivity index (χ2n) is 5.17. The summed E-state index contributed by atoms with van der Waals surface area (Å²) in [7, 11) is 0. The number of nitrogens with zero attached hydrogens (tertiary/aromatic N) is 2. The predicted molar refractivity (Wildman–Crippen MR) is 80.8 cm³/mol. The zero-order valence-electron chi connectivity index (χ0n) is 12.2. The fraction of sp³-hybridized carbons (Fsp3) is 0.438. The van der Waals surface area contributed by atoms with Gasteiger partial charge in [-0.2, -0.15) is 0 Å². The quantitative estimate of drug-likeness (QED) is 0.815. The summed E-state index contributed by atoms with van der Waals surface area (Å²) in [4.78, 5) is 4.04. The van der Waals surface area contributed by atoms with Crippen LogP contribution in [0.15, 0.2) is 43.0 Å². The number of hydrogen-bond acceptors (Lipinski definition) is 3. The lowest BCUT2D eigenvalue weighted by atomic mass is 9.97. The summed E-state index contributed by atoms with van der Waals surface area (Å²) in [6, 6.07) is 8.34. The Hall–Kier alpha value is -1.65. The minimum atomic E-state index is -0.587. The van der Waals surface area contributed by atoms with Crippen LogP contribution >= 0.6 is 0 Å². The van der Waals surface area contributed by atoms with Gasteiger partial charge < -0.3 is 15.0 Å². The minimum absolute atomic E-state index is 0.587. The number of rotatable bonds is 7. The average molecular weight is 273 g/mol. The molecule has 0 aliphatic rings. The Bertz CT molecular complexity index is 501. The first-order chi connectivity index (χ1) is 9.67. The summed E-state index contributed by atoms with van der Waals surface area (Å²) >= 11 is 0. The minimum Gasteiger partial charge on any atom is -0.389 e. The van der Waals surface area contributed by atoms with Crippen molar-refractivity contribution >= 4 is 0 Å². The summed E-state index contributed by atoms with van der Waals surface area (Å²) in [6.45, 7) is 5.44. The molecule has 0 saturated heterocycles. The van der Waals surface area contributed by atoms with Crippen LogP contribution in [0, 0.1) is 0 Å². The fourth-order valence-corrected chi connectivity index (χ4v) is 2.14. The molecule has 2 N–H and O–H groups in total. The summed E-state index contributed by atoms with van der Waals surface area (Å²) < 4.78 is 1.98. The molecule has 1 heterocycles. The van der Waals surface area contributed by atoms with Gasteiger partial charge in [0.25, 0.3) is 0 Å². The fourth-order valence-electron chi connectivity index (χ4n) is 2.14. The summed E-state index contributed by atoms with van der Waals surface area (Å²) in [6.07, 6.45) is 7.03. The first kappa shape index (κ1) is 14.8. The first-order valence-corrected chi connectivity index (χ1v) is 7.17. The van der Waals surface area contributed by atoms with E-state index in [4.69, 9.17) is 0 Å². The van der Waals surface area contributed by atoms with E-state index in [0.717, 1.165) is 25.1 Å². The molecule has 108 valence electrons. The highest BCUT2D eigenvalue weighted by Gasteiger charge is 2.20. The third kappa shape index (κ3) is 3.68. The monoisotopic (exact) mass is 273 g/mol. The van der Waals surface area contributed by atoms with E-state index < -0.39 is 5.60 Å². The van der Waals surface area contributed by atoms with E-state index in [1.54, 1.807) is 12.5 Å². The number of nitrogens with one attached hydrogen (secondary N) is 1. The molecule has 1 aromatic carbocycles. The van der Waals surface area contributed by atoms with Crippen LogP contribution in [-0.4, -0.2) is 26.8 Å². The first-order valence-electron chi connectivity index (χ1n) is 7.17. The average Bonchev–Trinajstić information content (AvgIpc) is 3.02. The third-order valence-corrected chi connectivity index (χ3v) is 3.84. The van der Waals surface area contributed by atoms with Gasteiger partial charge in [0.15, 0.2) is 0 Å². The zero-order chi connectivity index (χ0) is 14.4. The molecule has 0 unspecified atom stereocenters. The van der Waals surface area contributed by atoms with Crippen LogP contribution in [-0.2, 0) is 6.54 Å². The van der Waals surface area contributed by atoms with Gasteiger partial charge in [-0.1, -0.05) is 26.0 Å². The Morgan fingerprint density at radius 1 is 1.20 bits per heavy atom. The van der Waals surface area contributed by atoms with Crippen molar-refractivity contribution in [2.45, 2.75) is 38.8 Å². The highest BCUT2D eigenvalue weighted by molar-refractivity contribution is 5.34. The molecule has 0 bridgehead atoms. The van der Waals surface area contributed by atoms with Gasteiger partial charge in [-0.05, 0) is 30.5 Å². The predicted octanol–water partition coefficient (Wildman–Crippen LogP) is 2.51. The van der Waals surface area contributed by atoms with Crippen molar-refractivity contribution < 1.29 is 5.11 Å². The van der Waals surface area contributed by atoms with Crippen molar-refractivity contribution in [2.24, 2.45) is 0 Å². The number of imidazole rings is 1. The molecule has 2 aromatic rings. The second kappa shape index (κ2) is 6.68. The van der Waals surface area contributed by atoms with Crippen LogP contribution in [0.5, 0.6) is 0 Å². The van der Waals surface area contributed by atoms with Crippen molar-refractivity contribution in [3.05, 3.63) is 48.5 Å². The molecular weight excluding hydrogens is 250 g/mol. The molecule has 0 fully saturated rings. The van der Waals surface area contributed by atoms with E-state index in [1.165, 1.54) is 5.56 Å². The largest absolute Gasteiger partial charge is 0.389 e. The normalized spacial score (nSPS) is 11.8. The van der Waals surface area contributed by atoms with Crippen LogP contribution in [0.25, 0.3) is 5.69 Å². The van der Waals surface area contributed by atoms with Gasteiger partial charge in [-0.3, -0.25) is 0 Å². The zero-order valence-corrected chi connectivity index (χ0v) is 12.2. The molecule has 1 aromatic heterocycles. The van der Waals surface area contributed by atoms with Gasteiger partial charge in [0, 0.05) is 31.2 Å². The smallest absolute Gasteiger partial charge is 0.0991 e. The van der Waals surface area contributed by atoms with E-state index in [-0.39, 0.29) is 0 Å². The maximum Gasteiger partial charge on any atom is 0.0991 e. The van der Waals surface area contributed by atoms with Gasteiger partial charge >= 0.3 is 0 Å². The van der Waals surface area contributed by atoms with E-state index in [0.29, 0.717) is 6.54 Å².